The maximum absolute atomic E-state index is 12.5. The number of hydrogen-bond donors (Lipinski definition) is 1. The van der Waals surface area contributed by atoms with E-state index in [1.807, 2.05) is 24.4 Å². The van der Waals surface area contributed by atoms with Gasteiger partial charge in [0.15, 0.2) is 0 Å². The van der Waals surface area contributed by atoms with E-state index in [0.29, 0.717) is 15.9 Å². The summed E-state index contributed by atoms with van der Waals surface area (Å²) in [5.41, 5.74) is 2.12. The summed E-state index contributed by atoms with van der Waals surface area (Å²) in [6.07, 6.45) is 6.75. The fourth-order valence-corrected chi connectivity index (χ4v) is 4.25. The zero-order valence-electron chi connectivity index (χ0n) is 15.1. The van der Waals surface area contributed by atoms with Crippen molar-refractivity contribution in [2.75, 3.05) is 23.3 Å². The lowest BCUT2D eigenvalue weighted by atomic mass is 10.1. The molecule has 0 saturated carbocycles. The number of rotatable bonds is 4. The third-order valence-corrected chi connectivity index (χ3v) is 5.82. The number of thiophene rings is 1. The van der Waals surface area contributed by atoms with Gasteiger partial charge in [0.1, 0.15) is 17.1 Å². The van der Waals surface area contributed by atoms with Crippen molar-refractivity contribution in [3.05, 3.63) is 46.0 Å². The third-order valence-electron chi connectivity index (χ3n) is 4.75. The van der Waals surface area contributed by atoms with Crippen LogP contribution in [0.15, 0.2) is 34.8 Å². The number of nitrogens with zero attached hydrogens (tertiary/aromatic N) is 4. The number of carbonyl (C=O) groups excluding carboxylic acids is 1. The van der Waals surface area contributed by atoms with Crippen molar-refractivity contribution < 1.29 is 4.79 Å². The molecule has 27 heavy (non-hydrogen) atoms. The van der Waals surface area contributed by atoms with Crippen molar-refractivity contribution in [3.8, 4) is 0 Å². The minimum absolute atomic E-state index is 0.0768. The molecule has 0 radical (unpaired) electrons. The van der Waals surface area contributed by atoms with Crippen molar-refractivity contribution in [1.29, 1.82) is 0 Å². The van der Waals surface area contributed by atoms with Gasteiger partial charge in [-0.05, 0) is 49.3 Å². The predicted molar refractivity (Wildman–Crippen MR) is 108 cm³/mol. The molecule has 3 aromatic heterocycles. The Morgan fingerprint density at radius 2 is 2.04 bits per heavy atom. The Balaban J connectivity index is 1.43. The van der Waals surface area contributed by atoms with Gasteiger partial charge < -0.3 is 10.2 Å². The number of fused-ring (bicyclic) bond motifs is 1. The zero-order valence-corrected chi connectivity index (χ0v) is 16.0. The van der Waals surface area contributed by atoms with E-state index in [9.17, 15) is 9.59 Å². The highest BCUT2D eigenvalue weighted by atomic mass is 32.1. The van der Waals surface area contributed by atoms with Crippen LogP contribution in [0.4, 0.5) is 11.5 Å². The van der Waals surface area contributed by atoms with Gasteiger partial charge in [-0.3, -0.25) is 14.2 Å². The van der Waals surface area contributed by atoms with E-state index in [1.165, 1.54) is 41.5 Å². The highest BCUT2D eigenvalue weighted by Gasteiger charge is 2.13. The van der Waals surface area contributed by atoms with Crippen LogP contribution < -0.4 is 15.8 Å². The molecule has 0 bridgehead atoms. The summed E-state index contributed by atoms with van der Waals surface area (Å²) < 4.78 is 1.92. The summed E-state index contributed by atoms with van der Waals surface area (Å²) in [7, 11) is 0. The summed E-state index contributed by atoms with van der Waals surface area (Å²) in [6.45, 7) is 3.90. The summed E-state index contributed by atoms with van der Waals surface area (Å²) >= 11 is 1.36. The number of hydrogen-bond acceptors (Lipinski definition) is 6. The maximum Gasteiger partial charge on any atom is 0.271 e. The molecule has 0 aliphatic carbocycles. The lowest BCUT2D eigenvalue weighted by Crippen LogP contribution is -2.30. The average molecular weight is 383 g/mol. The minimum atomic E-state index is -0.279. The Labute approximate surface area is 160 Å². The molecule has 4 rings (SSSR count). The second-order valence-corrected chi connectivity index (χ2v) is 7.65. The predicted octanol–water partition coefficient (Wildman–Crippen LogP) is 2.79. The molecule has 7 nitrogen and oxygen atoms in total. The lowest BCUT2D eigenvalue weighted by molar-refractivity contribution is -0.116. The van der Waals surface area contributed by atoms with Gasteiger partial charge in [0.2, 0.25) is 5.91 Å². The Bertz CT molecular complexity index is 1020. The summed E-state index contributed by atoms with van der Waals surface area (Å²) in [4.78, 5) is 35.8. The van der Waals surface area contributed by atoms with Crippen molar-refractivity contribution >= 4 is 39.0 Å². The summed E-state index contributed by atoms with van der Waals surface area (Å²) in [5, 5.41) is 4.70. The van der Waals surface area contributed by atoms with Gasteiger partial charge in [-0.15, -0.1) is 11.3 Å². The highest BCUT2D eigenvalue weighted by molar-refractivity contribution is 7.17. The van der Waals surface area contributed by atoms with Gasteiger partial charge in [-0.2, -0.15) is 0 Å². The Hall–Kier alpha value is -2.74. The van der Waals surface area contributed by atoms with Crippen LogP contribution in [-0.2, 0) is 11.3 Å². The first-order valence-corrected chi connectivity index (χ1v) is 9.94. The number of carbonyl (C=O) groups is 1. The van der Waals surface area contributed by atoms with Crippen LogP contribution in [0.3, 0.4) is 0 Å². The van der Waals surface area contributed by atoms with Crippen LogP contribution in [0.2, 0.25) is 0 Å². The fraction of sp³-hybridized carbons (Fsp3) is 0.368. The zero-order chi connectivity index (χ0) is 18.8. The van der Waals surface area contributed by atoms with Crippen LogP contribution in [0.5, 0.6) is 0 Å². The van der Waals surface area contributed by atoms with E-state index >= 15 is 0 Å². The van der Waals surface area contributed by atoms with E-state index in [-0.39, 0.29) is 18.0 Å². The Kier molecular flexibility index (Phi) is 4.89. The van der Waals surface area contributed by atoms with Crippen molar-refractivity contribution in [2.24, 2.45) is 0 Å². The van der Waals surface area contributed by atoms with E-state index in [2.05, 4.69) is 20.2 Å². The van der Waals surface area contributed by atoms with Gasteiger partial charge in [0.05, 0.1) is 23.7 Å². The summed E-state index contributed by atoms with van der Waals surface area (Å²) in [5.74, 6) is 0.658. The lowest BCUT2D eigenvalue weighted by Gasteiger charge is -2.27. The minimum Gasteiger partial charge on any atom is -0.357 e. The molecular formula is C19H21N5O2S. The molecule has 0 unspecified atom stereocenters. The first-order chi connectivity index (χ1) is 13.1. The van der Waals surface area contributed by atoms with Crippen molar-refractivity contribution in [2.45, 2.75) is 32.7 Å². The number of amides is 1. The van der Waals surface area contributed by atoms with Crippen molar-refractivity contribution in [1.82, 2.24) is 14.5 Å². The molecular weight excluding hydrogens is 362 g/mol. The molecule has 0 atom stereocenters. The summed E-state index contributed by atoms with van der Waals surface area (Å²) in [6, 6.07) is 3.77. The van der Waals surface area contributed by atoms with Crippen LogP contribution in [0.1, 0.15) is 24.8 Å². The molecule has 1 amide bonds. The van der Waals surface area contributed by atoms with E-state index in [0.717, 1.165) is 24.5 Å². The molecule has 0 spiro atoms. The molecule has 3 aromatic rings. The number of pyridine rings is 1. The molecule has 4 heterocycles. The van der Waals surface area contributed by atoms with E-state index < -0.39 is 0 Å². The van der Waals surface area contributed by atoms with Crippen molar-refractivity contribution in [3.63, 3.8) is 0 Å². The number of piperidine rings is 1. The number of aryl methyl sites for hydroxylation is 1. The van der Waals surface area contributed by atoms with Gasteiger partial charge in [-0.25, -0.2) is 9.97 Å². The number of anilines is 2. The van der Waals surface area contributed by atoms with Gasteiger partial charge in [0.25, 0.3) is 5.56 Å². The van der Waals surface area contributed by atoms with Gasteiger partial charge >= 0.3 is 0 Å². The standard InChI is InChI=1S/C19H21N5O2S/c1-13-11-27-18-17(13)21-12-24(19(18)26)10-16(25)22-14-5-6-15(20-9-14)23-7-3-2-4-8-23/h5-6,9,11-12H,2-4,7-8,10H2,1H3,(H,22,25). The number of nitrogens with one attached hydrogen (secondary N) is 1. The van der Waals surface area contributed by atoms with Gasteiger partial charge in [0, 0.05) is 13.1 Å². The SMILES string of the molecule is Cc1csc2c(=O)n(CC(=O)Nc3ccc(N4CCCCC4)nc3)cnc12. The molecule has 1 saturated heterocycles. The highest BCUT2D eigenvalue weighted by Crippen LogP contribution is 2.20. The molecule has 1 aliphatic rings. The number of aromatic nitrogens is 3. The van der Waals surface area contributed by atoms with Gasteiger partial charge in [-0.1, -0.05) is 0 Å². The average Bonchev–Trinajstić information content (AvgIpc) is 3.07. The van der Waals surface area contributed by atoms with E-state index in [4.69, 9.17) is 0 Å². The van der Waals surface area contributed by atoms with Crippen LogP contribution in [0, 0.1) is 6.92 Å². The normalized spacial score (nSPS) is 14.5. The van der Waals surface area contributed by atoms with E-state index in [1.54, 1.807) is 6.20 Å². The third kappa shape index (κ3) is 3.71. The smallest absolute Gasteiger partial charge is 0.271 e. The topological polar surface area (TPSA) is 80.1 Å². The molecule has 1 N–H and O–H groups in total. The molecule has 8 heteroatoms. The Morgan fingerprint density at radius 3 is 2.78 bits per heavy atom. The second kappa shape index (κ2) is 7.48. The van der Waals surface area contributed by atoms with Crippen LogP contribution in [0.25, 0.3) is 10.2 Å². The second-order valence-electron chi connectivity index (χ2n) is 6.78. The first-order valence-electron chi connectivity index (χ1n) is 9.06. The first kappa shape index (κ1) is 17.7. The largest absolute Gasteiger partial charge is 0.357 e. The quantitative estimate of drug-likeness (QED) is 0.749. The molecule has 0 aromatic carbocycles. The monoisotopic (exact) mass is 383 g/mol. The molecule has 140 valence electrons. The fourth-order valence-electron chi connectivity index (χ4n) is 3.30. The van der Waals surface area contributed by atoms with Crippen LogP contribution in [-0.4, -0.2) is 33.5 Å². The maximum atomic E-state index is 12.5. The molecule has 1 aliphatic heterocycles. The molecule has 1 fully saturated rings. The van der Waals surface area contributed by atoms with Crippen LogP contribution >= 0.6 is 11.3 Å². The Morgan fingerprint density at radius 1 is 1.22 bits per heavy atom.